The maximum absolute atomic E-state index is 13.7. The maximum Gasteiger partial charge on any atom is 0.190 e. The molecule has 0 radical (unpaired) electrons. The van der Waals surface area contributed by atoms with E-state index in [1.807, 2.05) is 13.0 Å². The van der Waals surface area contributed by atoms with Gasteiger partial charge in [-0.3, -0.25) is 0 Å². The predicted molar refractivity (Wildman–Crippen MR) is 68.7 cm³/mol. The summed E-state index contributed by atoms with van der Waals surface area (Å²) >= 11 is 0. The molecule has 0 atom stereocenters. The van der Waals surface area contributed by atoms with E-state index in [-0.39, 0.29) is 12.4 Å². The lowest BCUT2D eigenvalue weighted by Crippen LogP contribution is -2.14. The largest absolute Gasteiger partial charge is 0.488 e. The van der Waals surface area contributed by atoms with E-state index in [9.17, 15) is 8.78 Å². The molecule has 5 heteroatoms. The van der Waals surface area contributed by atoms with Gasteiger partial charge in [0, 0.05) is 13.0 Å². The van der Waals surface area contributed by atoms with Crippen molar-refractivity contribution in [3.63, 3.8) is 0 Å². The van der Waals surface area contributed by atoms with Crippen LogP contribution in [0.1, 0.15) is 31.7 Å². The topological polar surface area (TPSA) is 45.0 Å². The first kappa shape index (κ1) is 15.4. The molecule has 0 fully saturated rings. The zero-order valence-electron chi connectivity index (χ0n) is 11.0. The monoisotopic (exact) mass is 268 g/mol. The molecule has 0 saturated carbocycles. The third kappa shape index (κ3) is 5.23. The molecular formula is C14H18F2N2O. The number of unbranched alkanes of at least 4 members (excludes halogenated alkanes) is 1. The first-order valence-corrected chi connectivity index (χ1v) is 6.37. The van der Waals surface area contributed by atoms with Crippen molar-refractivity contribution >= 4 is 0 Å². The van der Waals surface area contributed by atoms with Gasteiger partial charge in [-0.2, -0.15) is 5.26 Å². The Bertz CT molecular complexity index is 421. The van der Waals surface area contributed by atoms with E-state index in [0.717, 1.165) is 13.0 Å². The molecular weight excluding hydrogens is 250 g/mol. The van der Waals surface area contributed by atoms with Crippen molar-refractivity contribution in [2.75, 3.05) is 13.2 Å². The molecule has 0 unspecified atom stereocenters. The second-order valence-corrected chi connectivity index (χ2v) is 4.18. The van der Waals surface area contributed by atoms with Crippen LogP contribution in [0.25, 0.3) is 0 Å². The van der Waals surface area contributed by atoms with Crippen LogP contribution in [0.4, 0.5) is 8.78 Å². The normalized spacial score (nSPS) is 10.2. The molecule has 1 rings (SSSR count). The van der Waals surface area contributed by atoms with Gasteiger partial charge in [-0.05, 0) is 37.1 Å². The van der Waals surface area contributed by atoms with Crippen LogP contribution in [-0.4, -0.2) is 13.2 Å². The second kappa shape index (κ2) is 8.44. The van der Waals surface area contributed by atoms with Crippen LogP contribution in [0.2, 0.25) is 0 Å². The molecule has 19 heavy (non-hydrogen) atoms. The summed E-state index contributed by atoms with van der Waals surface area (Å²) in [6, 6.07) is 4.48. The summed E-state index contributed by atoms with van der Waals surface area (Å²) in [4.78, 5) is 0. The van der Waals surface area contributed by atoms with Gasteiger partial charge in [-0.25, -0.2) is 8.78 Å². The summed E-state index contributed by atoms with van der Waals surface area (Å²) in [5, 5.41) is 11.4. The Hall–Kier alpha value is -1.67. The molecule has 3 nitrogen and oxygen atoms in total. The predicted octanol–water partition coefficient (Wildman–Crippen LogP) is 3.15. The smallest absolute Gasteiger partial charge is 0.190 e. The zero-order chi connectivity index (χ0) is 14.1. The summed E-state index contributed by atoms with van der Waals surface area (Å²) in [6.07, 6.45) is 1.72. The van der Waals surface area contributed by atoms with Crippen LogP contribution >= 0.6 is 0 Å². The van der Waals surface area contributed by atoms with Gasteiger partial charge in [-0.15, -0.1) is 0 Å². The van der Waals surface area contributed by atoms with Crippen LogP contribution in [0, 0.1) is 23.0 Å². The van der Waals surface area contributed by atoms with Gasteiger partial charge in [0.2, 0.25) is 0 Å². The van der Waals surface area contributed by atoms with Crippen molar-refractivity contribution < 1.29 is 13.5 Å². The Balaban J connectivity index is 2.61. The molecule has 0 aromatic heterocycles. The van der Waals surface area contributed by atoms with E-state index in [1.54, 1.807) is 0 Å². The van der Waals surface area contributed by atoms with E-state index in [1.165, 1.54) is 12.1 Å². The fourth-order valence-electron chi connectivity index (χ4n) is 1.59. The SMILES string of the molecule is CCCNCc1cc(F)c(OCCCC#N)c(F)c1. The van der Waals surface area contributed by atoms with Crippen molar-refractivity contribution in [1.82, 2.24) is 5.32 Å². The van der Waals surface area contributed by atoms with E-state index in [0.29, 0.717) is 24.9 Å². The van der Waals surface area contributed by atoms with Gasteiger partial charge in [0.1, 0.15) is 0 Å². The minimum Gasteiger partial charge on any atom is -0.488 e. The molecule has 104 valence electrons. The Morgan fingerprint density at radius 3 is 2.58 bits per heavy atom. The summed E-state index contributed by atoms with van der Waals surface area (Å²) in [5.41, 5.74) is 0.549. The summed E-state index contributed by atoms with van der Waals surface area (Å²) in [7, 11) is 0. The van der Waals surface area contributed by atoms with Gasteiger partial charge in [0.05, 0.1) is 12.7 Å². The van der Waals surface area contributed by atoms with Crippen LogP contribution < -0.4 is 10.1 Å². The minimum absolute atomic E-state index is 0.134. The van der Waals surface area contributed by atoms with Gasteiger partial charge in [0.25, 0.3) is 0 Å². The summed E-state index contributed by atoms with van der Waals surface area (Å²) in [5.74, 6) is -1.77. The summed E-state index contributed by atoms with van der Waals surface area (Å²) in [6.45, 7) is 3.38. The van der Waals surface area contributed by atoms with Crippen molar-refractivity contribution in [3.05, 3.63) is 29.3 Å². The van der Waals surface area contributed by atoms with E-state index in [4.69, 9.17) is 10.00 Å². The summed E-state index contributed by atoms with van der Waals surface area (Å²) < 4.78 is 32.4. The average Bonchev–Trinajstić information content (AvgIpc) is 2.37. The van der Waals surface area contributed by atoms with Gasteiger partial charge >= 0.3 is 0 Å². The number of rotatable bonds is 8. The average molecular weight is 268 g/mol. The van der Waals surface area contributed by atoms with Gasteiger partial charge < -0.3 is 10.1 Å². The quantitative estimate of drug-likeness (QED) is 0.737. The molecule has 1 aromatic rings. The third-order valence-corrected chi connectivity index (χ3v) is 2.49. The number of hydrogen-bond donors (Lipinski definition) is 1. The molecule has 1 N–H and O–H groups in total. The van der Waals surface area contributed by atoms with Crippen molar-refractivity contribution in [3.8, 4) is 11.8 Å². The Labute approximate surface area is 112 Å². The first-order valence-electron chi connectivity index (χ1n) is 6.37. The highest BCUT2D eigenvalue weighted by Gasteiger charge is 2.12. The maximum atomic E-state index is 13.7. The van der Waals surface area contributed by atoms with Gasteiger partial charge in [0.15, 0.2) is 17.4 Å². The third-order valence-electron chi connectivity index (χ3n) is 2.49. The molecule has 0 heterocycles. The zero-order valence-corrected chi connectivity index (χ0v) is 11.0. The van der Waals surface area contributed by atoms with Crippen LogP contribution in [0.3, 0.4) is 0 Å². The Kier molecular flexibility index (Phi) is 6.83. The number of nitrogens with one attached hydrogen (secondary N) is 1. The highest BCUT2D eigenvalue weighted by molar-refractivity contribution is 5.31. The van der Waals surface area contributed by atoms with Gasteiger partial charge in [-0.1, -0.05) is 6.92 Å². The van der Waals surface area contributed by atoms with E-state index < -0.39 is 11.6 Å². The number of ether oxygens (including phenoxy) is 1. The van der Waals surface area contributed by atoms with Crippen LogP contribution in [-0.2, 0) is 6.54 Å². The Morgan fingerprint density at radius 2 is 2.00 bits per heavy atom. The molecule has 0 spiro atoms. The van der Waals surface area contributed by atoms with Crippen molar-refractivity contribution in [1.29, 1.82) is 5.26 Å². The lowest BCUT2D eigenvalue weighted by atomic mass is 10.2. The first-order chi connectivity index (χ1) is 9.19. The fourth-order valence-corrected chi connectivity index (χ4v) is 1.59. The molecule has 0 aliphatic rings. The number of nitrogens with zero attached hydrogens (tertiary/aromatic N) is 1. The lowest BCUT2D eigenvalue weighted by Gasteiger charge is -2.10. The number of halogens is 2. The number of benzene rings is 1. The minimum atomic E-state index is -0.703. The Morgan fingerprint density at radius 1 is 1.32 bits per heavy atom. The highest BCUT2D eigenvalue weighted by atomic mass is 19.1. The molecule has 0 amide bonds. The lowest BCUT2D eigenvalue weighted by molar-refractivity contribution is 0.281. The highest BCUT2D eigenvalue weighted by Crippen LogP contribution is 2.23. The van der Waals surface area contributed by atoms with Crippen LogP contribution in [0.5, 0.6) is 5.75 Å². The molecule has 1 aromatic carbocycles. The molecule has 0 bridgehead atoms. The second-order valence-electron chi connectivity index (χ2n) is 4.18. The standard InChI is InChI=1S/C14H18F2N2O/c1-2-6-18-10-11-8-12(15)14(13(16)9-11)19-7-4-3-5-17/h8-9,18H,2-4,6-7,10H2,1H3. The van der Waals surface area contributed by atoms with Crippen molar-refractivity contribution in [2.45, 2.75) is 32.7 Å². The molecule has 0 aliphatic carbocycles. The molecule has 0 aliphatic heterocycles. The number of nitriles is 1. The molecule has 0 saturated heterocycles. The number of hydrogen-bond acceptors (Lipinski definition) is 3. The van der Waals surface area contributed by atoms with E-state index >= 15 is 0 Å². The van der Waals surface area contributed by atoms with E-state index in [2.05, 4.69) is 5.32 Å². The van der Waals surface area contributed by atoms with Crippen molar-refractivity contribution in [2.24, 2.45) is 0 Å². The fraction of sp³-hybridized carbons (Fsp3) is 0.500. The van der Waals surface area contributed by atoms with Crippen LogP contribution in [0.15, 0.2) is 12.1 Å².